The zero-order valence-corrected chi connectivity index (χ0v) is 7.04. The van der Waals surface area contributed by atoms with Gasteiger partial charge in [-0.15, -0.1) is 0 Å². The van der Waals surface area contributed by atoms with Crippen LogP contribution in [0.4, 0.5) is 0 Å². The van der Waals surface area contributed by atoms with Crippen molar-refractivity contribution in [3.05, 3.63) is 0 Å². The molecule has 4 nitrogen and oxygen atoms in total. The topological polar surface area (TPSA) is 60.4 Å². The summed E-state index contributed by atoms with van der Waals surface area (Å²) in [5.41, 5.74) is 0. The molecule has 0 unspecified atom stereocenters. The molecule has 0 aromatic rings. The Balaban J connectivity index is 3.54. The zero-order chi connectivity index (χ0) is 9.40. The van der Waals surface area contributed by atoms with Gasteiger partial charge in [-0.05, 0) is 6.42 Å². The third kappa shape index (κ3) is 5.58. The van der Waals surface area contributed by atoms with Gasteiger partial charge in [-0.25, -0.2) is 0 Å². The van der Waals surface area contributed by atoms with Crippen LogP contribution < -0.4 is 0 Å². The van der Waals surface area contributed by atoms with Crippen LogP contribution in [0.3, 0.4) is 0 Å². The number of Topliss-reactive ketones (excluding diaryl/α,β-unsaturated/α-hetero) is 1. The molecule has 0 rings (SSSR count). The molecule has 0 aliphatic carbocycles. The number of ketones is 1. The van der Waals surface area contributed by atoms with Crippen LogP contribution in [0.25, 0.3) is 0 Å². The lowest BCUT2D eigenvalue weighted by molar-refractivity contribution is -0.147. The Kier molecular flexibility index (Phi) is 5.87. The summed E-state index contributed by atoms with van der Waals surface area (Å²) in [6, 6.07) is 0. The summed E-state index contributed by atoms with van der Waals surface area (Å²) in [7, 11) is 0. The highest BCUT2D eigenvalue weighted by Gasteiger charge is 2.08. The van der Waals surface area contributed by atoms with Crippen molar-refractivity contribution in [3.8, 4) is 0 Å². The first-order chi connectivity index (χ1) is 5.70. The molecule has 4 heteroatoms. The molecule has 0 aromatic carbocycles. The minimum Gasteiger partial charge on any atom is -0.458 e. The number of ether oxygens (including phenoxy) is 1. The van der Waals surface area contributed by atoms with Crippen molar-refractivity contribution in [2.24, 2.45) is 0 Å². The maximum absolute atomic E-state index is 10.8. The molecule has 0 aromatic heterocycles. The SMILES string of the molecule is CCCC(=O)CC(=O)OCC=O. The molecule has 12 heavy (non-hydrogen) atoms. The molecule has 0 saturated carbocycles. The maximum Gasteiger partial charge on any atom is 0.313 e. The second-order valence-corrected chi connectivity index (χ2v) is 2.32. The van der Waals surface area contributed by atoms with Crippen LogP contribution in [0.15, 0.2) is 0 Å². The fraction of sp³-hybridized carbons (Fsp3) is 0.625. The smallest absolute Gasteiger partial charge is 0.313 e. The van der Waals surface area contributed by atoms with Crippen LogP contribution >= 0.6 is 0 Å². The lowest BCUT2D eigenvalue weighted by Crippen LogP contribution is -2.12. The Morgan fingerprint density at radius 1 is 1.42 bits per heavy atom. The van der Waals surface area contributed by atoms with Crippen molar-refractivity contribution in [2.45, 2.75) is 26.2 Å². The van der Waals surface area contributed by atoms with E-state index in [1.54, 1.807) is 0 Å². The van der Waals surface area contributed by atoms with E-state index in [4.69, 9.17) is 0 Å². The van der Waals surface area contributed by atoms with Crippen LogP contribution in [-0.4, -0.2) is 24.6 Å². The molecule has 0 aliphatic rings. The van der Waals surface area contributed by atoms with Gasteiger partial charge in [0.1, 0.15) is 18.8 Å². The van der Waals surface area contributed by atoms with E-state index in [9.17, 15) is 14.4 Å². The Bertz CT molecular complexity index is 174. The molecule has 0 fully saturated rings. The predicted molar refractivity (Wildman–Crippen MR) is 41.6 cm³/mol. The van der Waals surface area contributed by atoms with Gasteiger partial charge in [0.25, 0.3) is 0 Å². The molecule has 0 amide bonds. The summed E-state index contributed by atoms with van der Waals surface area (Å²) in [5.74, 6) is -0.769. The van der Waals surface area contributed by atoms with E-state index < -0.39 is 5.97 Å². The van der Waals surface area contributed by atoms with E-state index >= 15 is 0 Å². The Hall–Kier alpha value is -1.19. The van der Waals surface area contributed by atoms with Crippen molar-refractivity contribution in [1.82, 2.24) is 0 Å². The van der Waals surface area contributed by atoms with Gasteiger partial charge in [0.15, 0.2) is 6.29 Å². The van der Waals surface area contributed by atoms with Crippen LogP contribution in [-0.2, 0) is 19.1 Å². The number of hydrogen-bond donors (Lipinski definition) is 0. The predicted octanol–water partition coefficient (Wildman–Crippen LogP) is 0.488. The molecule has 0 aliphatic heterocycles. The third-order valence-electron chi connectivity index (χ3n) is 1.18. The Morgan fingerprint density at radius 3 is 2.58 bits per heavy atom. The fourth-order valence-corrected chi connectivity index (χ4v) is 0.706. The highest BCUT2D eigenvalue weighted by atomic mass is 16.5. The minimum atomic E-state index is -0.624. The molecule has 0 bridgehead atoms. The van der Waals surface area contributed by atoms with E-state index in [2.05, 4.69) is 4.74 Å². The van der Waals surface area contributed by atoms with E-state index in [0.29, 0.717) is 12.7 Å². The monoisotopic (exact) mass is 172 g/mol. The van der Waals surface area contributed by atoms with E-state index in [1.807, 2.05) is 6.92 Å². The largest absolute Gasteiger partial charge is 0.458 e. The third-order valence-corrected chi connectivity index (χ3v) is 1.18. The summed E-state index contributed by atoms with van der Waals surface area (Å²) in [6.07, 6.45) is 1.36. The number of esters is 1. The average Bonchev–Trinajstić information content (AvgIpc) is 2.01. The van der Waals surface area contributed by atoms with Crippen LogP contribution in [0.5, 0.6) is 0 Å². The summed E-state index contributed by atoms with van der Waals surface area (Å²) in [4.78, 5) is 31.3. The number of hydrogen-bond acceptors (Lipinski definition) is 4. The van der Waals surface area contributed by atoms with Gasteiger partial charge in [0.05, 0.1) is 0 Å². The van der Waals surface area contributed by atoms with Crippen molar-refractivity contribution in [2.75, 3.05) is 6.61 Å². The van der Waals surface area contributed by atoms with E-state index in [-0.39, 0.29) is 18.8 Å². The number of carbonyl (C=O) groups excluding carboxylic acids is 3. The van der Waals surface area contributed by atoms with Gasteiger partial charge in [-0.3, -0.25) is 14.4 Å². The molecule has 0 N–H and O–H groups in total. The first-order valence-corrected chi connectivity index (χ1v) is 3.81. The summed E-state index contributed by atoms with van der Waals surface area (Å²) < 4.78 is 4.38. The summed E-state index contributed by atoms with van der Waals surface area (Å²) in [6.45, 7) is 1.59. The minimum absolute atomic E-state index is 0.145. The maximum atomic E-state index is 10.8. The molecule has 68 valence electrons. The van der Waals surface area contributed by atoms with Crippen molar-refractivity contribution in [1.29, 1.82) is 0 Å². The van der Waals surface area contributed by atoms with Crippen molar-refractivity contribution < 1.29 is 19.1 Å². The fourth-order valence-electron chi connectivity index (χ4n) is 0.706. The lowest BCUT2D eigenvalue weighted by Gasteiger charge is -1.98. The van der Waals surface area contributed by atoms with Crippen molar-refractivity contribution >= 4 is 18.0 Å². The van der Waals surface area contributed by atoms with Gasteiger partial charge in [0, 0.05) is 6.42 Å². The quantitative estimate of drug-likeness (QED) is 0.332. The number of aldehydes is 1. The summed E-state index contributed by atoms with van der Waals surface area (Å²) >= 11 is 0. The van der Waals surface area contributed by atoms with Gasteiger partial charge in [0.2, 0.25) is 0 Å². The Labute approximate surface area is 70.9 Å². The van der Waals surface area contributed by atoms with Gasteiger partial charge >= 0.3 is 5.97 Å². The molecular formula is C8H12O4. The van der Waals surface area contributed by atoms with Crippen LogP contribution in [0.2, 0.25) is 0 Å². The number of rotatable bonds is 6. The van der Waals surface area contributed by atoms with Gasteiger partial charge in [-0.1, -0.05) is 6.92 Å². The van der Waals surface area contributed by atoms with Crippen LogP contribution in [0, 0.1) is 0 Å². The summed E-state index contributed by atoms with van der Waals surface area (Å²) in [5, 5.41) is 0. The lowest BCUT2D eigenvalue weighted by atomic mass is 10.2. The molecule has 0 heterocycles. The first kappa shape index (κ1) is 10.8. The first-order valence-electron chi connectivity index (χ1n) is 3.81. The average molecular weight is 172 g/mol. The van der Waals surface area contributed by atoms with Gasteiger partial charge < -0.3 is 4.74 Å². The molecule has 0 radical (unpaired) electrons. The second-order valence-electron chi connectivity index (χ2n) is 2.32. The van der Waals surface area contributed by atoms with Gasteiger partial charge in [-0.2, -0.15) is 0 Å². The molecule has 0 spiro atoms. The molecule has 0 saturated heterocycles. The highest BCUT2D eigenvalue weighted by Crippen LogP contribution is 1.95. The number of carbonyl (C=O) groups is 3. The highest BCUT2D eigenvalue weighted by molar-refractivity contribution is 5.95. The normalized spacial score (nSPS) is 9.08. The van der Waals surface area contributed by atoms with E-state index in [0.717, 1.165) is 6.42 Å². The zero-order valence-electron chi connectivity index (χ0n) is 7.04. The van der Waals surface area contributed by atoms with Crippen LogP contribution in [0.1, 0.15) is 26.2 Å². The molecular weight excluding hydrogens is 160 g/mol. The second kappa shape index (κ2) is 6.52. The Morgan fingerprint density at radius 2 is 2.08 bits per heavy atom. The van der Waals surface area contributed by atoms with E-state index in [1.165, 1.54) is 0 Å². The van der Waals surface area contributed by atoms with Crippen molar-refractivity contribution in [3.63, 3.8) is 0 Å². The standard InChI is InChI=1S/C8H12O4/c1-2-3-7(10)6-8(11)12-5-4-9/h4H,2-3,5-6H2,1H3. The molecule has 0 atom stereocenters.